The van der Waals surface area contributed by atoms with E-state index in [4.69, 9.17) is 0 Å². The van der Waals surface area contributed by atoms with E-state index in [-0.39, 0.29) is 10.5 Å². The third-order valence-electron chi connectivity index (χ3n) is 3.94. The molecule has 0 radical (unpaired) electrons. The molecule has 0 N–H and O–H groups in total. The molecule has 8 heteroatoms. The van der Waals surface area contributed by atoms with Gasteiger partial charge in [0.25, 0.3) is 0 Å². The van der Waals surface area contributed by atoms with E-state index >= 15 is 0 Å². The molecule has 1 aliphatic heterocycles. The molecule has 126 valence electrons. The molecule has 1 aromatic carbocycles. The zero-order valence-electron chi connectivity index (χ0n) is 12.8. The van der Waals surface area contributed by atoms with Gasteiger partial charge in [-0.3, -0.25) is 4.79 Å². The van der Waals surface area contributed by atoms with Crippen molar-refractivity contribution in [2.24, 2.45) is 0 Å². The molecule has 2 aromatic rings. The van der Waals surface area contributed by atoms with Crippen molar-refractivity contribution in [3.05, 3.63) is 52.6 Å². The smallest absolute Gasteiger partial charge is 0.243 e. The highest BCUT2D eigenvalue weighted by Crippen LogP contribution is 2.22. The Morgan fingerprint density at radius 2 is 1.75 bits per heavy atom. The lowest BCUT2D eigenvalue weighted by atomic mass is 10.2. The molecular formula is C16H16BrN3O3S. The summed E-state index contributed by atoms with van der Waals surface area (Å²) in [6.07, 6.45) is 2.30. The Morgan fingerprint density at radius 3 is 2.38 bits per heavy atom. The average Bonchev–Trinajstić information content (AvgIpc) is 2.62. The Balaban J connectivity index is 1.76. The summed E-state index contributed by atoms with van der Waals surface area (Å²) < 4.78 is 27.9. The van der Waals surface area contributed by atoms with Crippen LogP contribution < -0.4 is 4.90 Å². The van der Waals surface area contributed by atoms with E-state index in [9.17, 15) is 13.2 Å². The summed E-state index contributed by atoms with van der Waals surface area (Å²) in [6.45, 7) is 1.81. The van der Waals surface area contributed by atoms with E-state index in [1.165, 1.54) is 16.4 Å². The topological polar surface area (TPSA) is 70.6 Å². The number of pyridine rings is 1. The van der Waals surface area contributed by atoms with Crippen molar-refractivity contribution in [2.75, 3.05) is 31.1 Å². The highest BCUT2D eigenvalue weighted by atomic mass is 79.9. The molecule has 0 atom stereocenters. The lowest BCUT2D eigenvalue weighted by molar-refractivity contribution is 0.112. The van der Waals surface area contributed by atoms with E-state index in [2.05, 4.69) is 20.9 Å². The van der Waals surface area contributed by atoms with Gasteiger partial charge in [-0.1, -0.05) is 18.2 Å². The fourth-order valence-electron chi connectivity index (χ4n) is 2.66. The third-order valence-corrected chi connectivity index (χ3v) is 6.38. The Labute approximate surface area is 149 Å². The number of hydrogen-bond acceptors (Lipinski definition) is 5. The monoisotopic (exact) mass is 409 g/mol. The molecule has 6 nitrogen and oxygen atoms in total. The minimum atomic E-state index is -3.67. The summed E-state index contributed by atoms with van der Waals surface area (Å²) >= 11 is 3.35. The Kier molecular flexibility index (Phi) is 4.98. The number of aromatic nitrogens is 1. The molecule has 0 bridgehead atoms. The number of sulfonamides is 1. The maximum Gasteiger partial charge on any atom is 0.243 e. The van der Waals surface area contributed by atoms with E-state index < -0.39 is 10.0 Å². The predicted molar refractivity (Wildman–Crippen MR) is 94.7 cm³/mol. The summed E-state index contributed by atoms with van der Waals surface area (Å²) in [6, 6.07) is 10.1. The normalized spacial score (nSPS) is 16.1. The Bertz CT molecular complexity index is 832. The number of aldehydes is 1. The summed E-state index contributed by atoms with van der Waals surface area (Å²) in [4.78, 5) is 17.6. The van der Waals surface area contributed by atoms with Crippen LogP contribution in [0.2, 0.25) is 0 Å². The number of carbonyl (C=O) groups is 1. The van der Waals surface area contributed by atoms with E-state index in [0.29, 0.717) is 32.5 Å². The fraction of sp³-hybridized carbons (Fsp3) is 0.250. The Hall–Kier alpha value is -1.77. The fourth-order valence-corrected chi connectivity index (χ4v) is 4.49. The zero-order valence-corrected chi connectivity index (χ0v) is 15.2. The van der Waals surface area contributed by atoms with Crippen LogP contribution in [0.15, 0.2) is 52.0 Å². The predicted octanol–water partition coefficient (Wildman–Crippen LogP) is 2.17. The second kappa shape index (κ2) is 7.00. The highest BCUT2D eigenvalue weighted by Gasteiger charge is 2.30. The van der Waals surface area contributed by atoms with Crippen LogP contribution in [0.1, 0.15) is 10.4 Å². The number of halogens is 1. The quantitative estimate of drug-likeness (QED) is 0.723. The van der Waals surface area contributed by atoms with Crippen LogP contribution in [0.4, 0.5) is 5.82 Å². The SMILES string of the molecule is O=Cc1ccccc1S(=O)(=O)N1CCN(c2ccc(Br)cn2)CC1. The van der Waals surface area contributed by atoms with Crippen LogP contribution in [0, 0.1) is 0 Å². The molecule has 0 unspecified atom stereocenters. The molecule has 0 saturated carbocycles. The van der Waals surface area contributed by atoms with Gasteiger partial charge in [0.1, 0.15) is 5.82 Å². The minimum Gasteiger partial charge on any atom is -0.354 e. The average molecular weight is 410 g/mol. The number of hydrogen-bond donors (Lipinski definition) is 0. The standard InChI is InChI=1S/C16H16BrN3O3S/c17-14-5-6-16(18-11-14)19-7-9-20(10-8-19)24(22,23)15-4-2-1-3-13(15)12-21/h1-6,11-12H,7-10H2. The first-order chi connectivity index (χ1) is 11.5. The van der Waals surface area contributed by atoms with Gasteiger partial charge in [-0.25, -0.2) is 13.4 Å². The first-order valence-electron chi connectivity index (χ1n) is 7.43. The summed E-state index contributed by atoms with van der Waals surface area (Å²) in [5.74, 6) is 0.823. The number of nitrogens with zero attached hydrogens (tertiary/aromatic N) is 3. The molecule has 1 saturated heterocycles. The summed E-state index contributed by atoms with van der Waals surface area (Å²) in [5.41, 5.74) is 0.189. The maximum absolute atomic E-state index is 12.8. The van der Waals surface area contributed by atoms with E-state index in [1.54, 1.807) is 18.3 Å². The number of piperazine rings is 1. The molecule has 1 aliphatic rings. The van der Waals surface area contributed by atoms with Crippen molar-refractivity contribution >= 4 is 38.1 Å². The molecule has 1 fully saturated rings. The van der Waals surface area contributed by atoms with Crippen LogP contribution in [-0.2, 0) is 10.0 Å². The first kappa shape index (κ1) is 17.1. The molecule has 24 heavy (non-hydrogen) atoms. The highest BCUT2D eigenvalue weighted by molar-refractivity contribution is 9.10. The Morgan fingerprint density at radius 1 is 1.04 bits per heavy atom. The third kappa shape index (κ3) is 3.35. The van der Waals surface area contributed by atoms with Gasteiger partial charge >= 0.3 is 0 Å². The summed E-state index contributed by atoms with van der Waals surface area (Å²) in [5, 5.41) is 0. The molecular weight excluding hydrogens is 394 g/mol. The lowest BCUT2D eigenvalue weighted by Crippen LogP contribution is -2.49. The number of carbonyl (C=O) groups excluding carboxylic acids is 1. The van der Waals surface area contributed by atoms with Crippen LogP contribution in [0.3, 0.4) is 0 Å². The lowest BCUT2D eigenvalue weighted by Gasteiger charge is -2.34. The second-order valence-electron chi connectivity index (χ2n) is 5.38. The van der Waals surface area contributed by atoms with Crippen LogP contribution in [0.25, 0.3) is 0 Å². The van der Waals surface area contributed by atoms with Crippen molar-refractivity contribution in [1.82, 2.24) is 9.29 Å². The van der Waals surface area contributed by atoms with Gasteiger partial charge < -0.3 is 4.90 Å². The van der Waals surface area contributed by atoms with Gasteiger partial charge in [-0.2, -0.15) is 4.31 Å². The number of benzene rings is 1. The van der Waals surface area contributed by atoms with Gasteiger partial charge in [0.15, 0.2) is 6.29 Å². The second-order valence-corrected chi connectivity index (χ2v) is 8.20. The van der Waals surface area contributed by atoms with Crippen LogP contribution >= 0.6 is 15.9 Å². The van der Waals surface area contributed by atoms with Gasteiger partial charge in [0.2, 0.25) is 10.0 Å². The molecule has 3 rings (SSSR count). The van der Waals surface area contributed by atoms with Crippen molar-refractivity contribution < 1.29 is 13.2 Å². The number of anilines is 1. The largest absolute Gasteiger partial charge is 0.354 e. The number of rotatable bonds is 4. The first-order valence-corrected chi connectivity index (χ1v) is 9.66. The van der Waals surface area contributed by atoms with E-state index in [1.807, 2.05) is 17.0 Å². The van der Waals surface area contributed by atoms with Crippen molar-refractivity contribution in [1.29, 1.82) is 0 Å². The van der Waals surface area contributed by atoms with Crippen molar-refractivity contribution in [3.8, 4) is 0 Å². The summed E-state index contributed by atoms with van der Waals surface area (Å²) in [7, 11) is -3.67. The maximum atomic E-state index is 12.8. The van der Waals surface area contributed by atoms with Gasteiger partial charge in [0, 0.05) is 42.4 Å². The van der Waals surface area contributed by atoms with Crippen molar-refractivity contribution in [3.63, 3.8) is 0 Å². The van der Waals surface area contributed by atoms with Crippen LogP contribution in [0.5, 0.6) is 0 Å². The zero-order chi connectivity index (χ0) is 17.2. The molecule has 0 amide bonds. The van der Waals surface area contributed by atoms with Gasteiger partial charge in [-0.15, -0.1) is 0 Å². The van der Waals surface area contributed by atoms with Gasteiger partial charge in [-0.05, 0) is 34.1 Å². The molecule has 0 aliphatic carbocycles. The minimum absolute atomic E-state index is 0.0650. The van der Waals surface area contributed by atoms with Crippen LogP contribution in [-0.4, -0.2) is 50.2 Å². The molecule has 0 spiro atoms. The van der Waals surface area contributed by atoms with E-state index in [0.717, 1.165) is 10.3 Å². The molecule has 1 aromatic heterocycles. The molecule has 2 heterocycles. The van der Waals surface area contributed by atoms with Crippen molar-refractivity contribution in [2.45, 2.75) is 4.90 Å². The van der Waals surface area contributed by atoms with Gasteiger partial charge in [0.05, 0.1) is 4.90 Å².